The summed E-state index contributed by atoms with van der Waals surface area (Å²) in [4.78, 5) is 12.7. The van der Waals surface area contributed by atoms with E-state index in [1.54, 1.807) is 42.5 Å². The molecular formula is C33H22Cl5FN2O6. The quantitative estimate of drug-likeness (QED) is 0.0742. The monoisotopic (exact) mass is 736 g/mol. The molecule has 4 aromatic rings. The van der Waals surface area contributed by atoms with Gasteiger partial charge in [-0.25, -0.2) is 9.18 Å². The van der Waals surface area contributed by atoms with E-state index < -0.39 is 18.5 Å². The van der Waals surface area contributed by atoms with Gasteiger partial charge in [0.1, 0.15) is 45.6 Å². The number of nitrogens with zero attached hydrogens (tertiary/aromatic N) is 1. The van der Waals surface area contributed by atoms with Gasteiger partial charge in [0.05, 0.1) is 27.6 Å². The number of hydrogen-bond acceptors (Lipinski definition) is 8. The van der Waals surface area contributed by atoms with Gasteiger partial charge in [0.2, 0.25) is 5.88 Å². The molecule has 4 aromatic carbocycles. The number of benzene rings is 4. The summed E-state index contributed by atoms with van der Waals surface area (Å²) in [6.45, 7) is 1.51. The van der Waals surface area contributed by atoms with Gasteiger partial charge >= 0.3 is 5.97 Å². The average molecular weight is 739 g/mol. The van der Waals surface area contributed by atoms with Crippen molar-refractivity contribution in [1.29, 1.82) is 5.26 Å². The molecule has 0 aromatic heterocycles. The first-order valence-corrected chi connectivity index (χ1v) is 15.6. The lowest BCUT2D eigenvalue weighted by Crippen LogP contribution is -2.22. The fraction of sp³-hybridized carbons (Fsp3) is 0.152. The largest absolute Gasteiger partial charge is 0.490 e. The number of ether oxygens (including phenoxy) is 5. The van der Waals surface area contributed by atoms with Crippen LogP contribution in [0.5, 0.6) is 28.7 Å². The Morgan fingerprint density at radius 2 is 1.62 bits per heavy atom. The van der Waals surface area contributed by atoms with Crippen molar-refractivity contribution in [3.05, 3.63) is 120 Å². The Bertz CT molecular complexity index is 1920. The molecule has 1 aliphatic heterocycles. The second-order valence-electron chi connectivity index (χ2n) is 9.81. The summed E-state index contributed by atoms with van der Waals surface area (Å²) in [5, 5.41) is 9.52. The molecule has 0 bridgehead atoms. The summed E-state index contributed by atoms with van der Waals surface area (Å²) in [6.07, 6.45) is 0. The lowest BCUT2D eigenvalue weighted by molar-refractivity contribution is -0.136. The molecule has 2 N–H and O–H groups in total. The maximum absolute atomic E-state index is 14.2. The van der Waals surface area contributed by atoms with E-state index in [1.807, 2.05) is 6.92 Å². The third-order valence-electron chi connectivity index (χ3n) is 6.87. The lowest BCUT2D eigenvalue weighted by Gasteiger charge is -2.27. The van der Waals surface area contributed by atoms with Crippen molar-refractivity contribution in [2.45, 2.75) is 19.4 Å². The number of esters is 1. The molecule has 0 radical (unpaired) electrons. The maximum Gasteiger partial charge on any atom is 0.349 e. The van der Waals surface area contributed by atoms with Gasteiger partial charge < -0.3 is 29.4 Å². The number of halogens is 6. The van der Waals surface area contributed by atoms with Gasteiger partial charge in [-0.2, -0.15) is 5.26 Å². The van der Waals surface area contributed by atoms with Gasteiger partial charge in [-0.05, 0) is 36.8 Å². The molecule has 0 amide bonds. The van der Waals surface area contributed by atoms with Crippen molar-refractivity contribution in [3.63, 3.8) is 0 Å². The number of rotatable bonds is 10. The van der Waals surface area contributed by atoms with E-state index in [0.29, 0.717) is 34.8 Å². The highest BCUT2D eigenvalue weighted by Crippen LogP contribution is 2.48. The summed E-state index contributed by atoms with van der Waals surface area (Å²) in [5.74, 6) is -1.02. The van der Waals surface area contributed by atoms with Crippen molar-refractivity contribution in [3.8, 4) is 34.8 Å². The van der Waals surface area contributed by atoms with E-state index in [2.05, 4.69) is 6.07 Å². The fourth-order valence-corrected chi connectivity index (χ4v) is 5.94. The van der Waals surface area contributed by atoms with Crippen LogP contribution >= 0.6 is 58.0 Å². The first-order valence-electron chi connectivity index (χ1n) is 13.7. The molecule has 1 aliphatic rings. The van der Waals surface area contributed by atoms with E-state index in [9.17, 15) is 14.4 Å². The zero-order valence-electron chi connectivity index (χ0n) is 24.2. The molecule has 1 heterocycles. The molecule has 47 heavy (non-hydrogen) atoms. The van der Waals surface area contributed by atoms with Crippen LogP contribution in [0.4, 0.5) is 4.39 Å². The van der Waals surface area contributed by atoms with Crippen LogP contribution < -0.4 is 29.4 Å². The van der Waals surface area contributed by atoms with Gasteiger partial charge in [-0.15, -0.1) is 0 Å². The fourth-order valence-electron chi connectivity index (χ4n) is 4.71. The van der Waals surface area contributed by atoms with Gasteiger partial charge in [0.15, 0.2) is 23.9 Å². The van der Waals surface area contributed by atoms with E-state index in [0.717, 1.165) is 0 Å². The Morgan fingerprint density at radius 1 is 0.915 bits per heavy atom. The predicted octanol–water partition coefficient (Wildman–Crippen LogP) is 9.27. The minimum atomic E-state index is -0.819. The summed E-state index contributed by atoms with van der Waals surface area (Å²) in [5.41, 5.74) is 7.92. The molecule has 0 saturated heterocycles. The average Bonchev–Trinajstić information content (AvgIpc) is 3.06. The van der Waals surface area contributed by atoms with Crippen LogP contribution in [0, 0.1) is 17.1 Å². The second kappa shape index (κ2) is 14.8. The minimum absolute atomic E-state index is 0.0176. The first-order chi connectivity index (χ1) is 22.5. The number of carbonyl (C=O) groups is 1. The van der Waals surface area contributed by atoms with Crippen molar-refractivity contribution >= 4 is 64.0 Å². The number of fused-ring (bicyclic) bond motifs is 1. The zero-order valence-corrected chi connectivity index (χ0v) is 28.0. The first kappa shape index (κ1) is 34.3. The number of carbonyl (C=O) groups excluding carboxylic acids is 1. The summed E-state index contributed by atoms with van der Waals surface area (Å²) >= 11 is 30.4. The van der Waals surface area contributed by atoms with Gasteiger partial charge in [0, 0.05) is 17.2 Å². The number of allylic oxidation sites excluding steroid dienone is 1. The normalized spacial score (nSPS) is 13.7. The molecular weight excluding hydrogens is 717 g/mol. The predicted molar refractivity (Wildman–Crippen MR) is 177 cm³/mol. The van der Waals surface area contributed by atoms with Crippen molar-refractivity contribution in [2.75, 3.05) is 13.2 Å². The number of hydrogen-bond donors (Lipinski definition) is 1. The Kier molecular flexibility index (Phi) is 10.8. The molecule has 14 heteroatoms. The number of nitriles is 1. The Labute approximate surface area is 293 Å². The standard InChI is InChI=1S/C33H22Cl5FN2O6/c1-2-43-24-11-16(7-10-22(24)44-14-17-5-3-4-6-21(17)39)26-19-9-8-18(12-23(19)47-33(41)20(26)13-40)46-25(42)15-45-32-30(37)28(35)27(34)29(36)31(32)38/h3-12,26H,2,14-15,41H2,1H3. The summed E-state index contributed by atoms with van der Waals surface area (Å²) in [7, 11) is 0. The van der Waals surface area contributed by atoms with Crippen LogP contribution in [-0.4, -0.2) is 19.2 Å². The summed E-state index contributed by atoms with van der Waals surface area (Å²) < 4.78 is 42.5. The van der Waals surface area contributed by atoms with E-state index in [4.69, 9.17) is 87.4 Å². The molecule has 8 nitrogen and oxygen atoms in total. The van der Waals surface area contributed by atoms with E-state index in [1.165, 1.54) is 18.2 Å². The third kappa shape index (κ3) is 7.28. The Morgan fingerprint density at radius 3 is 2.30 bits per heavy atom. The zero-order chi connectivity index (χ0) is 33.8. The molecule has 0 saturated carbocycles. The van der Waals surface area contributed by atoms with Crippen LogP contribution in [0.2, 0.25) is 25.1 Å². The van der Waals surface area contributed by atoms with Crippen LogP contribution in [0.3, 0.4) is 0 Å². The minimum Gasteiger partial charge on any atom is -0.490 e. The molecule has 242 valence electrons. The molecule has 5 rings (SSSR count). The highest BCUT2D eigenvalue weighted by Gasteiger charge is 2.32. The van der Waals surface area contributed by atoms with Crippen LogP contribution in [0.25, 0.3) is 0 Å². The maximum atomic E-state index is 14.2. The Hall–Kier alpha value is -4.04. The molecule has 0 aliphatic carbocycles. The summed E-state index contributed by atoms with van der Waals surface area (Å²) in [6, 6.07) is 18.2. The highest BCUT2D eigenvalue weighted by atomic mass is 35.5. The number of nitrogens with two attached hydrogens (primary N) is 1. The van der Waals surface area contributed by atoms with Crippen LogP contribution in [-0.2, 0) is 11.4 Å². The lowest BCUT2D eigenvalue weighted by atomic mass is 9.83. The molecule has 0 fully saturated rings. The molecule has 0 spiro atoms. The smallest absolute Gasteiger partial charge is 0.349 e. The van der Waals surface area contributed by atoms with Gasteiger partial charge in [-0.3, -0.25) is 0 Å². The SMILES string of the molecule is CCOc1cc(C2C(C#N)=C(N)Oc3cc(OC(=O)COc4c(Cl)c(Cl)c(Cl)c(Cl)c4Cl)ccc32)ccc1OCc1ccccc1F. The molecule has 1 unspecified atom stereocenters. The van der Waals surface area contributed by atoms with Crippen LogP contribution in [0.1, 0.15) is 29.5 Å². The second-order valence-corrected chi connectivity index (χ2v) is 11.7. The van der Waals surface area contributed by atoms with Crippen molar-refractivity contribution < 1.29 is 32.9 Å². The highest BCUT2D eigenvalue weighted by molar-refractivity contribution is 6.55. The van der Waals surface area contributed by atoms with Gasteiger partial charge in [-0.1, -0.05) is 88.3 Å². The topological polar surface area (TPSA) is 113 Å². The molecule has 1 atom stereocenters. The van der Waals surface area contributed by atoms with Crippen molar-refractivity contribution in [2.24, 2.45) is 5.73 Å². The van der Waals surface area contributed by atoms with E-state index >= 15 is 0 Å². The van der Waals surface area contributed by atoms with Gasteiger partial charge in [0.25, 0.3) is 0 Å². The van der Waals surface area contributed by atoms with Crippen LogP contribution in [0.15, 0.2) is 72.1 Å². The third-order valence-corrected chi connectivity index (χ3v) is 9.11. The van der Waals surface area contributed by atoms with E-state index in [-0.39, 0.29) is 66.2 Å². The van der Waals surface area contributed by atoms with Crippen molar-refractivity contribution in [1.82, 2.24) is 0 Å². The Balaban J connectivity index is 1.38.